The summed E-state index contributed by atoms with van der Waals surface area (Å²) in [6.07, 6.45) is 5.40. The van der Waals surface area contributed by atoms with Gasteiger partial charge in [-0.1, -0.05) is 11.6 Å². The fraction of sp³-hybridized carbons (Fsp3) is 0.250. The van der Waals surface area contributed by atoms with Crippen LogP contribution in [0.4, 0.5) is 0 Å². The van der Waals surface area contributed by atoms with Gasteiger partial charge in [0, 0.05) is 29.0 Å². The Morgan fingerprint density at radius 2 is 2.41 bits per heavy atom. The zero-order valence-corrected chi connectivity index (χ0v) is 12.9. The lowest BCUT2D eigenvalue weighted by molar-refractivity contribution is -0.118. The molecule has 2 aromatic rings. The molecule has 0 aliphatic carbocycles. The third-order valence-electron chi connectivity index (χ3n) is 3.37. The van der Waals surface area contributed by atoms with E-state index in [0.29, 0.717) is 17.1 Å². The monoisotopic (exact) mass is 317 g/mol. The number of amides is 1. The number of carbonyl (C=O) groups excluding carboxylic acids is 1. The van der Waals surface area contributed by atoms with E-state index in [4.69, 9.17) is 16.3 Å². The maximum Gasteiger partial charge on any atom is 0.250 e. The summed E-state index contributed by atoms with van der Waals surface area (Å²) in [7, 11) is 0. The molecular formula is C16H16ClN3O2. The summed E-state index contributed by atoms with van der Waals surface area (Å²) < 4.78 is 7.38. The van der Waals surface area contributed by atoms with Gasteiger partial charge in [-0.3, -0.25) is 9.48 Å². The average molecular weight is 318 g/mol. The summed E-state index contributed by atoms with van der Waals surface area (Å²) in [6.45, 7) is 2.82. The standard InChI is InChI=1S/C16H16ClN3O2/c1-11(9-20-6-2-5-18-20)19-16(21)13-7-12-8-14(17)3-4-15(12)22-10-13/h2-8,11H,9-10H2,1H3,(H,19,21). The van der Waals surface area contributed by atoms with Crippen LogP contribution in [0, 0.1) is 0 Å². The molecule has 0 spiro atoms. The minimum absolute atomic E-state index is 0.0333. The number of halogens is 1. The van der Waals surface area contributed by atoms with E-state index in [2.05, 4.69) is 10.4 Å². The van der Waals surface area contributed by atoms with Gasteiger partial charge in [-0.05, 0) is 37.3 Å². The van der Waals surface area contributed by atoms with Crippen molar-refractivity contribution in [2.24, 2.45) is 0 Å². The average Bonchev–Trinajstić information content (AvgIpc) is 2.99. The number of nitrogens with zero attached hydrogens (tertiary/aromatic N) is 2. The van der Waals surface area contributed by atoms with Crippen molar-refractivity contribution in [3.8, 4) is 5.75 Å². The van der Waals surface area contributed by atoms with E-state index < -0.39 is 0 Å². The van der Waals surface area contributed by atoms with Gasteiger partial charge in [-0.25, -0.2) is 0 Å². The third kappa shape index (κ3) is 3.31. The van der Waals surface area contributed by atoms with Crippen LogP contribution in [0.5, 0.6) is 5.75 Å². The molecule has 0 saturated heterocycles. The molecule has 114 valence electrons. The van der Waals surface area contributed by atoms with Crippen LogP contribution < -0.4 is 10.1 Å². The smallest absolute Gasteiger partial charge is 0.250 e. The predicted molar refractivity (Wildman–Crippen MR) is 84.8 cm³/mol. The van der Waals surface area contributed by atoms with Gasteiger partial charge in [-0.15, -0.1) is 0 Å². The molecule has 2 heterocycles. The number of fused-ring (bicyclic) bond motifs is 1. The maximum atomic E-state index is 12.3. The lowest BCUT2D eigenvalue weighted by atomic mass is 10.1. The van der Waals surface area contributed by atoms with Crippen molar-refractivity contribution in [2.75, 3.05) is 6.61 Å². The van der Waals surface area contributed by atoms with Crippen LogP contribution in [0.15, 0.2) is 42.2 Å². The van der Waals surface area contributed by atoms with Gasteiger partial charge in [0.1, 0.15) is 12.4 Å². The first kappa shape index (κ1) is 14.7. The Kier molecular flexibility index (Phi) is 4.15. The molecule has 1 aliphatic rings. The van der Waals surface area contributed by atoms with Gasteiger partial charge < -0.3 is 10.1 Å². The molecule has 0 saturated carbocycles. The second-order valence-corrected chi connectivity index (χ2v) is 5.68. The Balaban J connectivity index is 1.67. The van der Waals surface area contributed by atoms with E-state index in [1.54, 1.807) is 23.0 Å². The lowest BCUT2D eigenvalue weighted by Crippen LogP contribution is -2.38. The zero-order valence-electron chi connectivity index (χ0n) is 12.1. The molecule has 1 N–H and O–H groups in total. The predicted octanol–water partition coefficient (Wildman–Crippen LogP) is 2.52. The number of aromatic nitrogens is 2. The molecule has 1 amide bonds. The van der Waals surface area contributed by atoms with Gasteiger partial charge in [0.05, 0.1) is 12.1 Å². The Labute approximate surface area is 133 Å². The number of carbonyl (C=O) groups is 1. The van der Waals surface area contributed by atoms with Crippen LogP contribution in [-0.4, -0.2) is 28.3 Å². The van der Waals surface area contributed by atoms with Gasteiger partial charge >= 0.3 is 0 Å². The summed E-state index contributed by atoms with van der Waals surface area (Å²) in [6, 6.07) is 7.19. The summed E-state index contributed by atoms with van der Waals surface area (Å²) in [4.78, 5) is 12.3. The quantitative estimate of drug-likeness (QED) is 0.942. The molecule has 1 atom stereocenters. The zero-order chi connectivity index (χ0) is 15.5. The van der Waals surface area contributed by atoms with Crippen molar-refractivity contribution in [1.29, 1.82) is 0 Å². The maximum absolute atomic E-state index is 12.3. The van der Waals surface area contributed by atoms with Crippen LogP contribution >= 0.6 is 11.6 Å². The van der Waals surface area contributed by atoms with Crippen LogP contribution in [0.25, 0.3) is 6.08 Å². The highest BCUT2D eigenvalue weighted by Gasteiger charge is 2.19. The van der Waals surface area contributed by atoms with Crippen LogP contribution in [0.3, 0.4) is 0 Å². The summed E-state index contributed by atoms with van der Waals surface area (Å²) >= 11 is 5.97. The SMILES string of the molecule is CC(Cn1cccn1)NC(=O)C1=Cc2cc(Cl)ccc2OC1. The highest BCUT2D eigenvalue weighted by Crippen LogP contribution is 2.28. The number of nitrogens with one attached hydrogen (secondary N) is 1. The summed E-state index contributed by atoms with van der Waals surface area (Å²) in [5.74, 6) is 0.607. The van der Waals surface area contributed by atoms with E-state index in [9.17, 15) is 4.79 Å². The van der Waals surface area contributed by atoms with Gasteiger partial charge in [0.25, 0.3) is 5.91 Å². The Morgan fingerprint density at radius 3 is 3.18 bits per heavy atom. The number of benzene rings is 1. The van der Waals surface area contributed by atoms with Crippen LogP contribution in [-0.2, 0) is 11.3 Å². The number of rotatable bonds is 4. The third-order valence-corrected chi connectivity index (χ3v) is 3.61. The second kappa shape index (κ2) is 6.23. The molecule has 0 bridgehead atoms. The van der Waals surface area contributed by atoms with E-state index in [0.717, 1.165) is 11.3 Å². The first-order valence-corrected chi connectivity index (χ1v) is 7.41. The van der Waals surface area contributed by atoms with E-state index in [1.807, 2.05) is 31.3 Å². The topological polar surface area (TPSA) is 56.2 Å². The molecule has 1 aliphatic heterocycles. The second-order valence-electron chi connectivity index (χ2n) is 5.24. The number of hydrogen-bond donors (Lipinski definition) is 1. The Hall–Kier alpha value is -2.27. The van der Waals surface area contributed by atoms with Crippen molar-refractivity contribution in [2.45, 2.75) is 19.5 Å². The molecule has 3 rings (SSSR count). The highest BCUT2D eigenvalue weighted by atomic mass is 35.5. The van der Waals surface area contributed by atoms with Crippen molar-refractivity contribution in [3.05, 3.63) is 52.8 Å². The first-order chi connectivity index (χ1) is 10.6. The molecule has 6 heteroatoms. The van der Waals surface area contributed by atoms with E-state index in [-0.39, 0.29) is 18.6 Å². The Morgan fingerprint density at radius 1 is 1.55 bits per heavy atom. The molecule has 1 unspecified atom stereocenters. The van der Waals surface area contributed by atoms with Gasteiger partial charge in [-0.2, -0.15) is 5.10 Å². The number of ether oxygens (including phenoxy) is 1. The van der Waals surface area contributed by atoms with Crippen LogP contribution in [0.2, 0.25) is 5.02 Å². The largest absolute Gasteiger partial charge is 0.488 e. The molecule has 1 aromatic heterocycles. The minimum atomic E-state index is -0.134. The highest BCUT2D eigenvalue weighted by molar-refractivity contribution is 6.30. The van der Waals surface area contributed by atoms with Crippen molar-refractivity contribution >= 4 is 23.6 Å². The van der Waals surface area contributed by atoms with E-state index >= 15 is 0 Å². The molecule has 5 nitrogen and oxygen atoms in total. The minimum Gasteiger partial charge on any atom is -0.488 e. The molecule has 0 radical (unpaired) electrons. The first-order valence-electron chi connectivity index (χ1n) is 7.03. The molecule has 1 aromatic carbocycles. The summed E-state index contributed by atoms with van der Waals surface area (Å²) in [5.41, 5.74) is 1.41. The van der Waals surface area contributed by atoms with Gasteiger partial charge in [0.15, 0.2) is 0 Å². The molecule has 22 heavy (non-hydrogen) atoms. The molecule has 0 fully saturated rings. The van der Waals surface area contributed by atoms with E-state index in [1.165, 1.54) is 0 Å². The van der Waals surface area contributed by atoms with Crippen molar-refractivity contribution in [3.63, 3.8) is 0 Å². The van der Waals surface area contributed by atoms with Crippen molar-refractivity contribution in [1.82, 2.24) is 15.1 Å². The molecular weight excluding hydrogens is 302 g/mol. The van der Waals surface area contributed by atoms with Gasteiger partial charge in [0.2, 0.25) is 0 Å². The summed E-state index contributed by atoms with van der Waals surface area (Å²) in [5, 5.41) is 7.70. The fourth-order valence-corrected chi connectivity index (χ4v) is 2.51. The van der Waals surface area contributed by atoms with Crippen molar-refractivity contribution < 1.29 is 9.53 Å². The fourth-order valence-electron chi connectivity index (χ4n) is 2.33. The lowest BCUT2D eigenvalue weighted by Gasteiger charge is -2.20. The van der Waals surface area contributed by atoms with Crippen LogP contribution in [0.1, 0.15) is 12.5 Å². The number of hydrogen-bond acceptors (Lipinski definition) is 3. The normalized spacial score (nSPS) is 14.5. The Bertz CT molecular complexity index is 710.